The van der Waals surface area contributed by atoms with E-state index >= 15 is 0 Å². The molecule has 0 amide bonds. The summed E-state index contributed by atoms with van der Waals surface area (Å²) in [7, 11) is 4.24. The van der Waals surface area contributed by atoms with Crippen LogP contribution in [-0.4, -0.2) is 43.3 Å². The molecular weight excluding hydrogens is 446 g/mol. The van der Waals surface area contributed by atoms with Gasteiger partial charge in [0.1, 0.15) is 25.0 Å². The van der Waals surface area contributed by atoms with Crippen LogP contribution in [0.1, 0.15) is 89.7 Å². The van der Waals surface area contributed by atoms with Crippen molar-refractivity contribution in [3.05, 3.63) is 65.7 Å². The number of aryl methyl sites for hydroxylation is 1. The Balaban J connectivity index is 1.86. The first-order valence-corrected chi connectivity index (χ1v) is 14.1. The third-order valence-corrected chi connectivity index (χ3v) is 6.92. The summed E-state index contributed by atoms with van der Waals surface area (Å²) in [4.78, 5) is 13.2. The van der Waals surface area contributed by atoms with Crippen LogP contribution in [0, 0.1) is 0 Å². The van der Waals surface area contributed by atoms with Crippen LogP contribution in [0.3, 0.4) is 0 Å². The van der Waals surface area contributed by atoms with Gasteiger partial charge in [-0.05, 0) is 37.8 Å². The number of nitrogens with zero attached hydrogens (tertiary/aromatic N) is 1. The van der Waals surface area contributed by atoms with Crippen LogP contribution in [0.25, 0.3) is 0 Å². The van der Waals surface area contributed by atoms with Gasteiger partial charge in [-0.2, -0.15) is 0 Å². The van der Waals surface area contributed by atoms with Gasteiger partial charge < -0.3 is 14.0 Å². The number of quaternary nitrogens is 1. The van der Waals surface area contributed by atoms with E-state index in [2.05, 4.69) is 52.2 Å². The van der Waals surface area contributed by atoms with Gasteiger partial charge in [0, 0.05) is 12.0 Å². The molecule has 0 aliphatic rings. The molecule has 2 aromatic rings. The highest BCUT2D eigenvalue weighted by Gasteiger charge is 2.36. The van der Waals surface area contributed by atoms with Gasteiger partial charge in [-0.15, -0.1) is 0 Å². The minimum absolute atomic E-state index is 0.135. The zero-order valence-electron chi connectivity index (χ0n) is 23.5. The number of carbonyl (C=O) groups is 1. The highest BCUT2D eigenvalue weighted by molar-refractivity contribution is 5.74. The second-order valence-electron chi connectivity index (χ2n) is 10.8. The molecule has 0 bridgehead atoms. The van der Waals surface area contributed by atoms with Crippen LogP contribution in [0.5, 0.6) is 5.75 Å². The molecule has 0 spiro atoms. The Bertz CT molecular complexity index is 865. The predicted molar refractivity (Wildman–Crippen MR) is 150 cm³/mol. The van der Waals surface area contributed by atoms with E-state index in [1.807, 2.05) is 37.3 Å². The molecule has 36 heavy (non-hydrogen) atoms. The first kappa shape index (κ1) is 29.9. The molecular formula is C32H50NO3+. The van der Waals surface area contributed by atoms with Gasteiger partial charge in [-0.25, -0.2) is 4.79 Å². The molecule has 0 fully saturated rings. The van der Waals surface area contributed by atoms with E-state index in [1.54, 1.807) is 0 Å². The van der Waals surface area contributed by atoms with Crippen LogP contribution in [-0.2, 0) is 22.5 Å². The van der Waals surface area contributed by atoms with E-state index in [9.17, 15) is 4.79 Å². The summed E-state index contributed by atoms with van der Waals surface area (Å²) in [6, 6.07) is 18.4. The number of para-hydroxylation sites is 1. The van der Waals surface area contributed by atoms with Crippen molar-refractivity contribution in [2.75, 3.05) is 20.7 Å². The van der Waals surface area contributed by atoms with Gasteiger partial charge in [0.2, 0.25) is 0 Å². The lowest BCUT2D eigenvalue weighted by Crippen LogP contribution is -2.53. The number of hydrogen-bond donors (Lipinski definition) is 0. The molecule has 0 aliphatic heterocycles. The Hall–Kier alpha value is -2.33. The lowest BCUT2D eigenvalue weighted by Gasteiger charge is -2.36. The molecule has 4 nitrogen and oxygen atoms in total. The first-order chi connectivity index (χ1) is 17.4. The average molecular weight is 497 g/mol. The topological polar surface area (TPSA) is 35.5 Å². The van der Waals surface area contributed by atoms with E-state index in [0.717, 1.165) is 31.6 Å². The van der Waals surface area contributed by atoms with Crippen LogP contribution >= 0.6 is 0 Å². The van der Waals surface area contributed by atoms with E-state index in [4.69, 9.17) is 9.47 Å². The highest BCUT2D eigenvalue weighted by Crippen LogP contribution is 2.23. The number of benzene rings is 2. The Kier molecular flexibility index (Phi) is 13.6. The Morgan fingerprint density at radius 1 is 0.833 bits per heavy atom. The Morgan fingerprint density at radius 3 is 2.17 bits per heavy atom. The molecule has 0 saturated carbocycles. The zero-order valence-corrected chi connectivity index (χ0v) is 23.5. The van der Waals surface area contributed by atoms with Crippen LogP contribution in [0.2, 0.25) is 0 Å². The number of rotatable bonds is 18. The molecule has 0 heterocycles. The summed E-state index contributed by atoms with van der Waals surface area (Å²) in [5.74, 6) is 0.780. The van der Waals surface area contributed by atoms with Crippen molar-refractivity contribution in [1.82, 2.24) is 0 Å². The number of hydrogen-bond acceptors (Lipinski definition) is 3. The Morgan fingerprint density at radius 2 is 1.47 bits per heavy atom. The lowest BCUT2D eigenvalue weighted by atomic mass is 10.0. The predicted octanol–water partition coefficient (Wildman–Crippen LogP) is 7.74. The number of esters is 1. The molecule has 0 aliphatic carbocycles. The standard InChI is InChI=1S/C32H50NO3/c1-6-8-9-10-11-12-16-22-29-23-17-18-24-31(29)36-27(3)26-35-32(34)30(19-7-2)33(4,5)25-28-20-14-13-15-21-28/h13-15,17-18,20-21,23-24,27,30H,6-12,16,19,22,25-26H2,1-5H3/q+1. The molecule has 2 atom stereocenters. The molecule has 0 radical (unpaired) electrons. The number of ether oxygens (including phenoxy) is 2. The van der Waals surface area contributed by atoms with Gasteiger partial charge in [-0.1, -0.05) is 101 Å². The highest BCUT2D eigenvalue weighted by atomic mass is 16.6. The van der Waals surface area contributed by atoms with Crippen molar-refractivity contribution < 1.29 is 18.8 Å². The van der Waals surface area contributed by atoms with Crippen molar-refractivity contribution in [2.45, 2.75) is 104 Å². The molecule has 2 aromatic carbocycles. The number of unbranched alkanes of at least 4 members (excludes halogenated alkanes) is 6. The maximum Gasteiger partial charge on any atom is 0.365 e. The van der Waals surface area contributed by atoms with Gasteiger partial charge >= 0.3 is 5.97 Å². The van der Waals surface area contributed by atoms with Crippen molar-refractivity contribution in [1.29, 1.82) is 0 Å². The molecule has 2 unspecified atom stereocenters. The summed E-state index contributed by atoms with van der Waals surface area (Å²) < 4.78 is 12.6. The summed E-state index contributed by atoms with van der Waals surface area (Å²) in [6.07, 6.45) is 11.7. The zero-order chi connectivity index (χ0) is 26.2. The van der Waals surface area contributed by atoms with E-state index < -0.39 is 0 Å². The van der Waals surface area contributed by atoms with Crippen LogP contribution in [0.4, 0.5) is 0 Å². The van der Waals surface area contributed by atoms with E-state index in [0.29, 0.717) is 4.48 Å². The maximum atomic E-state index is 13.2. The molecule has 0 aromatic heterocycles. The monoisotopic (exact) mass is 496 g/mol. The lowest BCUT2D eigenvalue weighted by molar-refractivity contribution is -0.920. The van der Waals surface area contributed by atoms with Gasteiger partial charge in [-0.3, -0.25) is 0 Å². The summed E-state index contributed by atoms with van der Waals surface area (Å²) in [6.45, 7) is 7.41. The van der Waals surface area contributed by atoms with Crippen molar-refractivity contribution in [2.24, 2.45) is 0 Å². The third-order valence-electron chi connectivity index (χ3n) is 6.92. The SMILES string of the molecule is CCCCCCCCCc1ccccc1OC(C)COC(=O)C(CCC)[N+](C)(C)Cc1ccccc1. The number of likely N-dealkylation sites (N-methyl/N-ethyl adjacent to an activating group) is 1. The quantitative estimate of drug-likeness (QED) is 0.120. The van der Waals surface area contributed by atoms with Gasteiger partial charge in [0.25, 0.3) is 0 Å². The number of carbonyl (C=O) groups excluding carboxylic acids is 1. The molecule has 4 heteroatoms. The molecule has 200 valence electrons. The summed E-state index contributed by atoms with van der Waals surface area (Å²) in [5, 5.41) is 0. The fourth-order valence-corrected chi connectivity index (χ4v) is 4.83. The van der Waals surface area contributed by atoms with E-state index in [-0.39, 0.29) is 24.7 Å². The van der Waals surface area contributed by atoms with Crippen molar-refractivity contribution >= 4 is 5.97 Å². The van der Waals surface area contributed by atoms with Gasteiger partial charge in [0.15, 0.2) is 6.04 Å². The second-order valence-corrected chi connectivity index (χ2v) is 10.8. The second kappa shape index (κ2) is 16.4. The maximum absolute atomic E-state index is 13.2. The smallest absolute Gasteiger partial charge is 0.365 e. The molecule has 0 N–H and O–H groups in total. The average Bonchev–Trinajstić information content (AvgIpc) is 2.86. The van der Waals surface area contributed by atoms with Gasteiger partial charge in [0.05, 0.1) is 14.1 Å². The fourth-order valence-electron chi connectivity index (χ4n) is 4.83. The fraction of sp³-hybridized carbons (Fsp3) is 0.594. The van der Waals surface area contributed by atoms with E-state index in [1.165, 1.54) is 56.1 Å². The largest absolute Gasteiger partial charge is 0.487 e. The van der Waals surface area contributed by atoms with Crippen molar-refractivity contribution in [3.63, 3.8) is 0 Å². The summed E-state index contributed by atoms with van der Waals surface area (Å²) >= 11 is 0. The van der Waals surface area contributed by atoms with Crippen molar-refractivity contribution in [3.8, 4) is 5.75 Å². The minimum atomic E-state index is -0.202. The first-order valence-electron chi connectivity index (χ1n) is 14.1. The van der Waals surface area contributed by atoms with Crippen LogP contribution < -0.4 is 4.74 Å². The van der Waals surface area contributed by atoms with Crippen LogP contribution in [0.15, 0.2) is 54.6 Å². The summed E-state index contributed by atoms with van der Waals surface area (Å²) in [5.41, 5.74) is 2.47. The Labute approximate surface area is 220 Å². The normalized spacial score (nSPS) is 13.2. The molecule has 2 rings (SSSR count). The minimum Gasteiger partial charge on any atom is -0.487 e. The third kappa shape index (κ3) is 10.7. The molecule has 0 saturated heterocycles.